The van der Waals surface area contributed by atoms with Crippen LogP contribution in [0.1, 0.15) is 26.2 Å². The third-order valence-electron chi connectivity index (χ3n) is 1.46. The Morgan fingerprint density at radius 1 is 1.71 bits per heavy atom. The van der Waals surface area contributed by atoms with Gasteiger partial charge in [-0.25, -0.2) is 4.79 Å². The molecule has 0 aromatic rings. The molecule has 78 valence electrons. The van der Waals surface area contributed by atoms with E-state index in [0.717, 1.165) is 12.5 Å². The summed E-state index contributed by atoms with van der Waals surface area (Å²) in [6.07, 6.45) is 2.31. The van der Waals surface area contributed by atoms with E-state index in [1.165, 1.54) is 0 Å². The highest BCUT2D eigenvalue weighted by Crippen LogP contribution is 2.05. The Hall–Kier alpha value is -1.34. The zero-order valence-electron chi connectivity index (χ0n) is 8.36. The van der Waals surface area contributed by atoms with Gasteiger partial charge in [0.1, 0.15) is 0 Å². The van der Waals surface area contributed by atoms with Crippen LogP contribution in [0.15, 0.2) is 12.7 Å². The standard InChI is InChI=1S/C10H15NO3/c1-3-6-10(13-8-5-7-11)14-9(12)4-2/h4,10H,2-3,5-6,8H2,1H3. The normalized spacial score (nSPS) is 11.4. The van der Waals surface area contributed by atoms with E-state index in [0.29, 0.717) is 12.8 Å². The first-order valence-electron chi connectivity index (χ1n) is 4.56. The summed E-state index contributed by atoms with van der Waals surface area (Å²) < 4.78 is 10.1. The van der Waals surface area contributed by atoms with Gasteiger partial charge < -0.3 is 9.47 Å². The second-order valence-electron chi connectivity index (χ2n) is 2.64. The summed E-state index contributed by atoms with van der Waals surface area (Å²) >= 11 is 0. The van der Waals surface area contributed by atoms with Crippen molar-refractivity contribution in [2.24, 2.45) is 0 Å². The Morgan fingerprint density at radius 2 is 2.43 bits per heavy atom. The maximum absolute atomic E-state index is 10.8. The van der Waals surface area contributed by atoms with Gasteiger partial charge in [0.2, 0.25) is 6.29 Å². The third kappa shape index (κ3) is 6.21. The SMILES string of the molecule is C=CC(=O)OC(CCC)OCCC#N. The molecule has 0 spiro atoms. The van der Waals surface area contributed by atoms with Crippen LogP contribution in [0.3, 0.4) is 0 Å². The lowest BCUT2D eigenvalue weighted by Gasteiger charge is -2.15. The van der Waals surface area contributed by atoms with Crippen molar-refractivity contribution in [3.05, 3.63) is 12.7 Å². The minimum Gasteiger partial charge on any atom is -0.433 e. The van der Waals surface area contributed by atoms with Gasteiger partial charge in [-0.2, -0.15) is 5.26 Å². The van der Waals surface area contributed by atoms with Crippen LogP contribution in [-0.2, 0) is 14.3 Å². The van der Waals surface area contributed by atoms with Crippen molar-refractivity contribution in [2.75, 3.05) is 6.61 Å². The smallest absolute Gasteiger partial charge is 0.332 e. The van der Waals surface area contributed by atoms with Gasteiger partial charge >= 0.3 is 5.97 Å². The molecular formula is C10H15NO3. The zero-order chi connectivity index (χ0) is 10.8. The van der Waals surface area contributed by atoms with Gasteiger partial charge in [-0.1, -0.05) is 19.9 Å². The van der Waals surface area contributed by atoms with Crippen molar-refractivity contribution in [2.45, 2.75) is 32.5 Å². The lowest BCUT2D eigenvalue weighted by molar-refractivity contribution is -0.174. The van der Waals surface area contributed by atoms with E-state index in [4.69, 9.17) is 14.7 Å². The monoisotopic (exact) mass is 197 g/mol. The molecule has 0 saturated carbocycles. The maximum Gasteiger partial charge on any atom is 0.332 e. The molecule has 0 radical (unpaired) electrons. The van der Waals surface area contributed by atoms with Gasteiger partial charge in [0.25, 0.3) is 0 Å². The number of rotatable bonds is 7. The van der Waals surface area contributed by atoms with Crippen LogP contribution in [-0.4, -0.2) is 18.9 Å². The van der Waals surface area contributed by atoms with E-state index < -0.39 is 12.3 Å². The Kier molecular flexibility index (Phi) is 7.48. The lowest BCUT2D eigenvalue weighted by atomic mass is 10.3. The summed E-state index contributed by atoms with van der Waals surface area (Å²) in [5.74, 6) is -0.500. The Bertz CT molecular complexity index is 220. The predicted octanol–water partition coefficient (Wildman–Crippen LogP) is 1.77. The molecule has 0 N–H and O–H groups in total. The third-order valence-corrected chi connectivity index (χ3v) is 1.46. The summed E-state index contributed by atoms with van der Waals surface area (Å²) in [7, 11) is 0. The van der Waals surface area contributed by atoms with Crippen LogP contribution in [0.2, 0.25) is 0 Å². The molecule has 0 aromatic heterocycles. The molecule has 4 nitrogen and oxygen atoms in total. The molecule has 0 saturated heterocycles. The number of hydrogen-bond acceptors (Lipinski definition) is 4. The van der Waals surface area contributed by atoms with E-state index in [1.807, 2.05) is 13.0 Å². The molecular weight excluding hydrogens is 182 g/mol. The molecule has 0 bridgehead atoms. The van der Waals surface area contributed by atoms with Crippen molar-refractivity contribution >= 4 is 5.97 Å². The summed E-state index contributed by atoms with van der Waals surface area (Å²) in [5.41, 5.74) is 0. The maximum atomic E-state index is 10.8. The molecule has 0 aromatic carbocycles. The Balaban J connectivity index is 3.83. The van der Waals surface area contributed by atoms with Crippen LogP contribution in [0.25, 0.3) is 0 Å². The van der Waals surface area contributed by atoms with Crippen LogP contribution >= 0.6 is 0 Å². The average Bonchev–Trinajstić information content (AvgIpc) is 2.18. The molecule has 4 heteroatoms. The van der Waals surface area contributed by atoms with E-state index in [9.17, 15) is 4.79 Å². The number of ether oxygens (including phenoxy) is 2. The van der Waals surface area contributed by atoms with E-state index in [-0.39, 0.29) is 6.61 Å². The highest BCUT2D eigenvalue weighted by Gasteiger charge is 2.11. The Labute approximate surface area is 84.1 Å². The fourth-order valence-corrected chi connectivity index (χ4v) is 0.826. The van der Waals surface area contributed by atoms with Crippen molar-refractivity contribution in [3.8, 4) is 6.07 Å². The van der Waals surface area contributed by atoms with Crippen LogP contribution in [0.4, 0.5) is 0 Å². The number of nitrogens with zero attached hydrogens (tertiary/aromatic N) is 1. The summed E-state index contributed by atoms with van der Waals surface area (Å²) in [6.45, 7) is 5.53. The van der Waals surface area contributed by atoms with E-state index in [2.05, 4.69) is 6.58 Å². The number of hydrogen-bond donors (Lipinski definition) is 0. The highest BCUT2D eigenvalue weighted by molar-refractivity contribution is 5.81. The van der Waals surface area contributed by atoms with Crippen molar-refractivity contribution < 1.29 is 14.3 Å². The molecule has 1 unspecified atom stereocenters. The van der Waals surface area contributed by atoms with Gasteiger partial charge in [-0.05, 0) is 0 Å². The van der Waals surface area contributed by atoms with E-state index in [1.54, 1.807) is 0 Å². The van der Waals surface area contributed by atoms with Crippen LogP contribution in [0, 0.1) is 11.3 Å². The van der Waals surface area contributed by atoms with Crippen molar-refractivity contribution in [1.29, 1.82) is 5.26 Å². The van der Waals surface area contributed by atoms with Gasteiger partial charge in [0.05, 0.1) is 19.1 Å². The highest BCUT2D eigenvalue weighted by atomic mass is 16.7. The van der Waals surface area contributed by atoms with Crippen molar-refractivity contribution in [1.82, 2.24) is 0 Å². The lowest BCUT2D eigenvalue weighted by Crippen LogP contribution is -2.20. The fourth-order valence-electron chi connectivity index (χ4n) is 0.826. The molecule has 0 fully saturated rings. The van der Waals surface area contributed by atoms with Gasteiger partial charge in [-0.3, -0.25) is 0 Å². The summed E-state index contributed by atoms with van der Waals surface area (Å²) in [4.78, 5) is 10.8. The Morgan fingerprint density at radius 3 is 2.93 bits per heavy atom. The first kappa shape index (κ1) is 12.7. The molecule has 14 heavy (non-hydrogen) atoms. The second kappa shape index (κ2) is 8.27. The quantitative estimate of drug-likeness (QED) is 0.270. The summed E-state index contributed by atoms with van der Waals surface area (Å²) in [6, 6.07) is 1.95. The topological polar surface area (TPSA) is 59.3 Å². The van der Waals surface area contributed by atoms with Gasteiger partial charge in [0, 0.05) is 12.5 Å². The number of carbonyl (C=O) groups is 1. The molecule has 0 heterocycles. The molecule has 0 aliphatic heterocycles. The summed E-state index contributed by atoms with van der Waals surface area (Å²) in [5, 5.41) is 8.28. The van der Waals surface area contributed by atoms with Crippen LogP contribution < -0.4 is 0 Å². The molecule has 1 atom stereocenters. The molecule has 0 amide bonds. The fraction of sp³-hybridized carbons (Fsp3) is 0.600. The molecule has 0 aliphatic rings. The molecule has 0 rings (SSSR count). The zero-order valence-corrected chi connectivity index (χ0v) is 8.36. The second-order valence-corrected chi connectivity index (χ2v) is 2.64. The van der Waals surface area contributed by atoms with Gasteiger partial charge in [-0.15, -0.1) is 0 Å². The predicted molar refractivity (Wildman–Crippen MR) is 51.2 cm³/mol. The largest absolute Gasteiger partial charge is 0.433 e. The first-order chi connectivity index (χ1) is 6.74. The van der Waals surface area contributed by atoms with Crippen molar-refractivity contribution in [3.63, 3.8) is 0 Å². The first-order valence-corrected chi connectivity index (χ1v) is 4.56. The number of esters is 1. The average molecular weight is 197 g/mol. The van der Waals surface area contributed by atoms with E-state index >= 15 is 0 Å². The van der Waals surface area contributed by atoms with Gasteiger partial charge in [0.15, 0.2) is 0 Å². The number of carbonyl (C=O) groups excluding carboxylic acids is 1. The minimum atomic E-state index is -0.557. The number of nitriles is 1. The molecule has 0 aliphatic carbocycles. The van der Waals surface area contributed by atoms with Crippen LogP contribution in [0.5, 0.6) is 0 Å². The minimum absolute atomic E-state index is 0.283.